The first-order chi connectivity index (χ1) is 29.2. The van der Waals surface area contributed by atoms with Crippen LogP contribution in [0.2, 0.25) is 0 Å². The molecule has 60 heavy (non-hydrogen) atoms. The van der Waals surface area contributed by atoms with E-state index in [1.165, 1.54) is 48.5 Å². The Hall–Kier alpha value is -7.94. The van der Waals surface area contributed by atoms with Gasteiger partial charge in [0.2, 0.25) is 0 Å². The first kappa shape index (κ1) is 40.3. The number of hydrogen-bond donors (Lipinski definition) is 6. The fourth-order valence-corrected chi connectivity index (χ4v) is 7.56. The van der Waals surface area contributed by atoms with Crippen molar-refractivity contribution >= 4 is 11.9 Å². The third-order valence-corrected chi connectivity index (χ3v) is 9.84. The van der Waals surface area contributed by atoms with Crippen LogP contribution in [0.1, 0.15) is 54.1 Å². The highest BCUT2D eigenvalue weighted by Gasteiger charge is 2.55. The van der Waals surface area contributed by atoms with Crippen molar-refractivity contribution in [3.63, 3.8) is 0 Å². The second-order valence-electron chi connectivity index (χ2n) is 13.1. The predicted molar refractivity (Wildman–Crippen MR) is 214 cm³/mol. The minimum absolute atomic E-state index is 0.0371. The van der Waals surface area contributed by atoms with E-state index in [0.717, 1.165) is 14.2 Å². The van der Waals surface area contributed by atoms with Gasteiger partial charge in [0.1, 0.15) is 46.0 Å². The minimum Gasteiger partial charge on any atom is -0.508 e. The topological polar surface area (TPSA) is 218 Å². The van der Waals surface area contributed by atoms with Crippen LogP contribution < -0.4 is 9.47 Å². The zero-order valence-electron chi connectivity index (χ0n) is 31.9. The average molecular weight is 809 g/mol. The number of phenolic OH excluding ortho intramolecular Hbond substituents is 4. The third kappa shape index (κ3) is 6.70. The number of benzene rings is 6. The molecular weight excluding hydrogens is 773 g/mol. The molecule has 4 aliphatic heterocycles. The van der Waals surface area contributed by atoms with E-state index < -0.39 is 23.1 Å². The van der Waals surface area contributed by atoms with E-state index in [-0.39, 0.29) is 23.0 Å². The van der Waals surface area contributed by atoms with Gasteiger partial charge in [0, 0.05) is 96.7 Å². The molecule has 0 saturated carbocycles. The fourth-order valence-electron chi connectivity index (χ4n) is 7.56. The summed E-state index contributed by atoms with van der Waals surface area (Å²) in [5.41, 5.74) is 2.57. The summed E-state index contributed by atoms with van der Waals surface area (Å²) in [4.78, 5) is 32.5. The SMILES string of the molecule is CO.CO.O=C1OC2(c3ccc(O)cc3Oc3cc(O)ccc32)c2ccccc21.O=C1OC2(c3ccc(O)cc3Oc3cc(O)ccc32)c2ccccc21.c1cnccn1. The average Bonchev–Trinajstić information content (AvgIpc) is 3.73. The molecular formula is C46H36N2O12. The number of ether oxygens (including phenoxy) is 4. The molecule has 0 amide bonds. The third-order valence-electron chi connectivity index (χ3n) is 9.84. The summed E-state index contributed by atoms with van der Waals surface area (Å²) in [6.07, 6.45) is 6.56. The van der Waals surface area contributed by atoms with Crippen LogP contribution >= 0.6 is 0 Å². The molecule has 302 valence electrons. The highest BCUT2D eigenvalue weighted by Crippen LogP contribution is 2.58. The lowest BCUT2D eigenvalue weighted by molar-refractivity contribution is 0.0214. The van der Waals surface area contributed by atoms with Gasteiger partial charge in [0.15, 0.2) is 11.2 Å². The number of aliphatic hydroxyl groups excluding tert-OH is 2. The Balaban J connectivity index is 0.000000149. The van der Waals surface area contributed by atoms with Crippen molar-refractivity contribution < 1.29 is 59.2 Å². The van der Waals surface area contributed by atoms with Crippen molar-refractivity contribution in [3.8, 4) is 46.0 Å². The lowest BCUT2D eigenvalue weighted by Gasteiger charge is -2.36. The summed E-state index contributed by atoms with van der Waals surface area (Å²) >= 11 is 0. The van der Waals surface area contributed by atoms with Gasteiger partial charge < -0.3 is 49.6 Å². The largest absolute Gasteiger partial charge is 0.508 e. The Kier molecular flexibility index (Phi) is 11.1. The van der Waals surface area contributed by atoms with Crippen molar-refractivity contribution in [1.29, 1.82) is 0 Å². The monoisotopic (exact) mass is 808 g/mol. The summed E-state index contributed by atoms with van der Waals surface area (Å²) < 4.78 is 23.6. The number of nitrogens with zero attached hydrogens (tertiary/aromatic N) is 2. The zero-order valence-corrected chi connectivity index (χ0v) is 31.9. The van der Waals surface area contributed by atoms with Crippen molar-refractivity contribution in [2.75, 3.05) is 14.2 Å². The molecule has 6 aromatic carbocycles. The summed E-state index contributed by atoms with van der Waals surface area (Å²) in [5.74, 6) is 0.817. The van der Waals surface area contributed by atoms with Gasteiger partial charge in [-0.15, -0.1) is 0 Å². The van der Waals surface area contributed by atoms with Gasteiger partial charge in [-0.05, 0) is 60.7 Å². The molecule has 0 saturated heterocycles. The molecule has 14 nitrogen and oxygen atoms in total. The Morgan fingerprint density at radius 3 is 0.967 bits per heavy atom. The number of fused-ring (bicyclic) bond motifs is 12. The van der Waals surface area contributed by atoms with Gasteiger partial charge in [0.25, 0.3) is 0 Å². The van der Waals surface area contributed by atoms with Crippen LogP contribution in [0.5, 0.6) is 46.0 Å². The molecule has 11 rings (SSSR count). The van der Waals surface area contributed by atoms with Crippen LogP contribution in [0.4, 0.5) is 0 Å². The Morgan fingerprint density at radius 1 is 0.400 bits per heavy atom. The van der Waals surface area contributed by atoms with E-state index in [1.54, 1.807) is 73.3 Å². The summed E-state index contributed by atoms with van der Waals surface area (Å²) in [6, 6.07) is 33.2. The molecule has 0 aliphatic carbocycles. The molecule has 0 bridgehead atoms. The van der Waals surface area contributed by atoms with Gasteiger partial charge in [0.05, 0.1) is 11.1 Å². The van der Waals surface area contributed by atoms with Gasteiger partial charge in [-0.1, -0.05) is 36.4 Å². The molecule has 1 aromatic heterocycles. The maximum atomic E-state index is 12.5. The summed E-state index contributed by atoms with van der Waals surface area (Å²) in [7, 11) is 2.00. The highest BCUT2D eigenvalue weighted by molar-refractivity contribution is 5.98. The van der Waals surface area contributed by atoms with Crippen molar-refractivity contribution in [3.05, 3.63) is 191 Å². The fraction of sp³-hybridized carbons (Fsp3) is 0.0870. The van der Waals surface area contributed by atoms with Crippen LogP contribution in [0.3, 0.4) is 0 Å². The maximum Gasteiger partial charge on any atom is 0.340 e. The van der Waals surface area contributed by atoms with E-state index in [0.29, 0.717) is 67.5 Å². The molecule has 14 heteroatoms. The van der Waals surface area contributed by atoms with E-state index in [4.69, 9.17) is 29.2 Å². The first-order valence-electron chi connectivity index (χ1n) is 18.1. The lowest BCUT2D eigenvalue weighted by Crippen LogP contribution is -2.32. The number of carbonyl (C=O) groups is 2. The van der Waals surface area contributed by atoms with E-state index in [9.17, 15) is 30.0 Å². The standard InChI is InChI=1S/2C20H12O5.C4H4N2.2CH4O/c2*21-11-5-7-15-17(9-11)24-18-10-12(22)6-8-16(18)20(15)14-4-2-1-3-13(14)19(23)25-20;1-2-6-4-3-5-1;2*1-2/h2*1-10,21-22H;1-4H;2*2H,1H3. The molecule has 7 aromatic rings. The number of aromatic nitrogens is 2. The van der Waals surface area contributed by atoms with Crippen LogP contribution in [-0.2, 0) is 20.7 Å². The minimum atomic E-state index is -1.17. The van der Waals surface area contributed by atoms with E-state index in [1.807, 2.05) is 24.3 Å². The lowest BCUT2D eigenvalue weighted by atomic mass is 9.77. The summed E-state index contributed by atoms with van der Waals surface area (Å²) in [6.45, 7) is 0. The molecule has 0 fully saturated rings. The zero-order chi connectivity index (χ0) is 42.6. The molecule has 0 atom stereocenters. The Bertz CT molecular complexity index is 2420. The van der Waals surface area contributed by atoms with Gasteiger partial charge in [-0.25, -0.2) is 9.59 Å². The normalized spacial score (nSPS) is 14.1. The van der Waals surface area contributed by atoms with Crippen LogP contribution in [-0.4, -0.2) is 66.8 Å². The highest BCUT2D eigenvalue weighted by atomic mass is 16.6. The molecule has 0 radical (unpaired) electrons. The molecule has 6 N–H and O–H groups in total. The summed E-state index contributed by atoms with van der Waals surface area (Å²) in [5, 5.41) is 53.3. The molecule has 4 aliphatic rings. The molecule has 5 heterocycles. The van der Waals surface area contributed by atoms with E-state index in [2.05, 4.69) is 9.97 Å². The number of hydrogen-bond acceptors (Lipinski definition) is 14. The maximum absolute atomic E-state index is 12.5. The van der Waals surface area contributed by atoms with Crippen LogP contribution in [0, 0.1) is 0 Å². The van der Waals surface area contributed by atoms with Crippen LogP contribution in [0.25, 0.3) is 0 Å². The predicted octanol–water partition coefficient (Wildman–Crippen LogP) is 7.03. The molecule has 0 unspecified atom stereocenters. The van der Waals surface area contributed by atoms with E-state index >= 15 is 0 Å². The van der Waals surface area contributed by atoms with Gasteiger partial charge >= 0.3 is 11.9 Å². The quantitative estimate of drug-likeness (QED) is 0.0849. The Labute approximate surface area is 342 Å². The first-order valence-corrected chi connectivity index (χ1v) is 18.1. The number of esters is 2. The van der Waals surface area contributed by atoms with Crippen molar-refractivity contribution in [2.45, 2.75) is 11.2 Å². The number of phenols is 4. The van der Waals surface area contributed by atoms with Gasteiger partial charge in [-0.3, -0.25) is 9.97 Å². The number of rotatable bonds is 0. The van der Waals surface area contributed by atoms with Crippen molar-refractivity contribution in [2.24, 2.45) is 0 Å². The van der Waals surface area contributed by atoms with Crippen LogP contribution in [0.15, 0.2) is 146 Å². The molecule has 2 spiro atoms. The second kappa shape index (κ2) is 16.5. The second-order valence-corrected chi connectivity index (χ2v) is 13.1. The van der Waals surface area contributed by atoms with Gasteiger partial charge in [-0.2, -0.15) is 0 Å². The number of carbonyl (C=O) groups excluding carboxylic acids is 2. The van der Waals surface area contributed by atoms with Crippen molar-refractivity contribution in [1.82, 2.24) is 9.97 Å². The Morgan fingerprint density at radius 2 is 0.683 bits per heavy atom. The number of aliphatic hydroxyl groups is 2. The number of aromatic hydroxyl groups is 4. The smallest absolute Gasteiger partial charge is 0.340 e.